The van der Waals surface area contributed by atoms with E-state index in [1.54, 1.807) is 0 Å². The predicted molar refractivity (Wildman–Crippen MR) is 90.0 cm³/mol. The Morgan fingerprint density at radius 3 is 2.36 bits per heavy atom. The number of benzene rings is 2. The van der Waals surface area contributed by atoms with Crippen molar-refractivity contribution in [3.05, 3.63) is 66.2 Å². The summed E-state index contributed by atoms with van der Waals surface area (Å²) in [5.74, 6) is -0.784. The van der Waals surface area contributed by atoms with E-state index in [1.807, 2.05) is 60.7 Å². The molecule has 1 fully saturated rings. The normalized spacial score (nSPS) is 21.4. The van der Waals surface area contributed by atoms with Crippen LogP contribution >= 0.6 is 0 Å². The molecule has 5 heteroatoms. The van der Waals surface area contributed by atoms with E-state index in [0.717, 1.165) is 24.3 Å². The van der Waals surface area contributed by atoms with E-state index in [-0.39, 0.29) is 7.28 Å². The van der Waals surface area contributed by atoms with Gasteiger partial charge in [-0.3, -0.25) is 4.79 Å². The first-order chi connectivity index (χ1) is 10.7. The SMILES string of the molecule is O=C(O)BC1(c2ccccc2)CNCCN1c1ccccc1. The molecule has 1 saturated heterocycles. The molecule has 0 radical (unpaired) electrons. The molecular formula is C17H19BN2O2. The Hall–Kier alpha value is -2.27. The lowest BCUT2D eigenvalue weighted by atomic mass is 9.53. The van der Waals surface area contributed by atoms with Crippen molar-refractivity contribution in [3.63, 3.8) is 0 Å². The van der Waals surface area contributed by atoms with Gasteiger partial charge in [0.25, 0.3) is 7.28 Å². The molecule has 2 N–H and O–H groups in total. The van der Waals surface area contributed by atoms with Gasteiger partial charge in [-0.1, -0.05) is 48.5 Å². The molecule has 1 aliphatic rings. The van der Waals surface area contributed by atoms with E-state index in [2.05, 4.69) is 10.2 Å². The van der Waals surface area contributed by atoms with Gasteiger partial charge in [0.15, 0.2) is 0 Å². The molecule has 2 aromatic rings. The fourth-order valence-electron chi connectivity index (χ4n) is 3.30. The molecule has 22 heavy (non-hydrogen) atoms. The van der Waals surface area contributed by atoms with Crippen LogP contribution in [-0.4, -0.2) is 37.9 Å². The average molecular weight is 294 g/mol. The Morgan fingerprint density at radius 1 is 1.09 bits per heavy atom. The van der Waals surface area contributed by atoms with Crippen molar-refractivity contribution in [1.29, 1.82) is 0 Å². The lowest BCUT2D eigenvalue weighted by Gasteiger charge is -2.48. The molecular weight excluding hydrogens is 275 g/mol. The summed E-state index contributed by atoms with van der Waals surface area (Å²) >= 11 is 0. The first kappa shape index (κ1) is 14.7. The van der Waals surface area contributed by atoms with Crippen LogP contribution in [0.1, 0.15) is 5.56 Å². The topological polar surface area (TPSA) is 52.6 Å². The average Bonchev–Trinajstić information content (AvgIpc) is 2.56. The highest BCUT2D eigenvalue weighted by molar-refractivity contribution is 6.74. The molecule has 0 bridgehead atoms. The standard InChI is InChI=1S/C17H19BN2O2/c21-16(22)18-17(14-7-3-1-4-8-14)13-19-11-12-20(17)15-9-5-2-6-10-15/h1-10,18-19H,11-13H2,(H,21,22). The van der Waals surface area contributed by atoms with Gasteiger partial charge >= 0.3 is 0 Å². The third kappa shape index (κ3) is 2.72. The van der Waals surface area contributed by atoms with Crippen molar-refractivity contribution >= 4 is 18.8 Å². The molecule has 2 aromatic carbocycles. The minimum atomic E-state index is -0.784. The lowest BCUT2D eigenvalue weighted by Crippen LogP contribution is -2.63. The minimum Gasteiger partial charge on any atom is -0.489 e. The van der Waals surface area contributed by atoms with Gasteiger partial charge in [-0.2, -0.15) is 0 Å². The Balaban J connectivity index is 2.10. The van der Waals surface area contributed by atoms with Crippen molar-refractivity contribution in [2.24, 2.45) is 0 Å². The molecule has 1 heterocycles. The van der Waals surface area contributed by atoms with Crippen molar-refractivity contribution in [3.8, 4) is 0 Å². The number of nitrogens with one attached hydrogen (secondary N) is 1. The van der Waals surface area contributed by atoms with Crippen molar-refractivity contribution in [1.82, 2.24) is 5.32 Å². The second-order valence-electron chi connectivity index (χ2n) is 5.63. The van der Waals surface area contributed by atoms with Crippen LogP contribution < -0.4 is 10.2 Å². The number of carboxylic acid groups (broad SMARTS) is 1. The molecule has 112 valence electrons. The van der Waals surface area contributed by atoms with E-state index >= 15 is 0 Å². The summed E-state index contributed by atoms with van der Waals surface area (Å²) in [6.45, 7) is 2.26. The lowest BCUT2D eigenvalue weighted by molar-refractivity contribution is 0.218. The molecule has 0 amide bonds. The number of piperazine rings is 1. The largest absolute Gasteiger partial charge is 0.489 e. The van der Waals surface area contributed by atoms with Crippen molar-refractivity contribution < 1.29 is 9.90 Å². The maximum Gasteiger partial charge on any atom is 0.296 e. The smallest absolute Gasteiger partial charge is 0.296 e. The first-order valence-electron chi connectivity index (χ1n) is 7.53. The van der Waals surface area contributed by atoms with E-state index in [9.17, 15) is 9.90 Å². The van der Waals surface area contributed by atoms with Crippen molar-refractivity contribution in [2.45, 2.75) is 5.44 Å². The summed E-state index contributed by atoms with van der Waals surface area (Å²) < 4.78 is 0. The van der Waals surface area contributed by atoms with Gasteiger partial charge in [-0.05, 0) is 17.7 Å². The molecule has 4 nitrogen and oxygen atoms in total. The Kier molecular flexibility index (Phi) is 4.16. The summed E-state index contributed by atoms with van der Waals surface area (Å²) in [7, 11) is 0.0684. The summed E-state index contributed by atoms with van der Waals surface area (Å²) in [6.07, 6.45) is 0. The van der Waals surface area contributed by atoms with E-state index in [1.165, 1.54) is 0 Å². The molecule has 0 aromatic heterocycles. The Bertz CT molecular complexity index is 636. The zero-order valence-corrected chi connectivity index (χ0v) is 12.4. The summed E-state index contributed by atoms with van der Waals surface area (Å²) in [6, 6.07) is 20.0. The number of rotatable bonds is 4. The highest BCUT2D eigenvalue weighted by Gasteiger charge is 2.43. The Morgan fingerprint density at radius 2 is 1.73 bits per heavy atom. The number of hydrogen-bond acceptors (Lipinski definition) is 3. The van der Waals surface area contributed by atoms with Gasteiger partial charge in [0, 0.05) is 25.3 Å². The molecule has 0 aliphatic carbocycles. The maximum atomic E-state index is 11.6. The molecule has 1 atom stereocenters. The number of para-hydroxylation sites is 1. The van der Waals surface area contributed by atoms with Crippen LogP contribution in [0.25, 0.3) is 0 Å². The number of anilines is 1. The molecule has 0 spiro atoms. The van der Waals surface area contributed by atoms with Gasteiger partial charge < -0.3 is 15.3 Å². The molecule has 0 saturated carbocycles. The van der Waals surface area contributed by atoms with Gasteiger partial charge in [0.1, 0.15) is 0 Å². The zero-order chi connectivity index (χ0) is 15.4. The predicted octanol–water partition coefficient (Wildman–Crippen LogP) is 2.06. The molecule has 1 unspecified atom stereocenters. The minimum absolute atomic E-state index is 0.0684. The fraction of sp³-hybridized carbons (Fsp3) is 0.235. The first-order valence-corrected chi connectivity index (χ1v) is 7.53. The second kappa shape index (κ2) is 6.24. The zero-order valence-electron chi connectivity index (χ0n) is 12.4. The van der Waals surface area contributed by atoms with Gasteiger partial charge in [-0.25, -0.2) is 0 Å². The van der Waals surface area contributed by atoms with E-state index < -0.39 is 11.3 Å². The second-order valence-corrected chi connectivity index (χ2v) is 5.63. The highest BCUT2D eigenvalue weighted by atomic mass is 16.4. The monoisotopic (exact) mass is 294 g/mol. The van der Waals surface area contributed by atoms with E-state index in [4.69, 9.17) is 0 Å². The summed E-state index contributed by atoms with van der Waals surface area (Å²) in [5.41, 5.74) is 1.54. The van der Waals surface area contributed by atoms with Gasteiger partial charge in [-0.15, -0.1) is 0 Å². The van der Waals surface area contributed by atoms with E-state index in [0.29, 0.717) is 6.54 Å². The Labute approximate surface area is 131 Å². The highest BCUT2D eigenvalue weighted by Crippen LogP contribution is 2.33. The fourth-order valence-corrected chi connectivity index (χ4v) is 3.30. The molecule has 3 rings (SSSR count). The number of hydrogen-bond donors (Lipinski definition) is 2. The quantitative estimate of drug-likeness (QED) is 0.848. The number of nitrogens with zero attached hydrogens (tertiary/aromatic N) is 1. The van der Waals surface area contributed by atoms with Crippen LogP contribution in [-0.2, 0) is 5.44 Å². The van der Waals surface area contributed by atoms with Crippen LogP contribution in [0.3, 0.4) is 0 Å². The van der Waals surface area contributed by atoms with Gasteiger partial charge in [0.2, 0.25) is 5.87 Å². The van der Waals surface area contributed by atoms with Crippen molar-refractivity contribution in [2.75, 3.05) is 24.5 Å². The number of carbonyl (C=O) groups is 1. The summed E-state index contributed by atoms with van der Waals surface area (Å²) in [4.78, 5) is 13.8. The van der Waals surface area contributed by atoms with Crippen LogP contribution in [0.4, 0.5) is 10.5 Å². The third-order valence-corrected chi connectivity index (χ3v) is 4.27. The van der Waals surface area contributed by atoms with Crippen LogP contribution in [0.15, 0.2) is 60.7 Å². The van der Waals surface area contributed by atoms with Crippen LogP contribution in [0.2, 0.25) is 0 Å². The third-order valence-electron chi connectivity index (χ3n) is 4.27. The van der Waals surface area contributed by atoms with Crippen LogP contribution in [0, 0.1) is 0 Å². The van der Waals surface area contributed by atoms with Gasteiger partial charge in [0.05, 0.1) is 5.44 Å². The molecule has 1 aliphatic heterocycles. The van der Waals surface area contributed by atoms with Crippen LogP contribution in [0.5, 0.6) is 0 Å². The summed E-state index contributed by atoms with van der Waals surface area (Å²) in [5, 5.41) is 12.9. The maximum absolute atomic E-state index is 11.6.